The van der Waals surface area contributed by atoms with E-state index in [0.29, 0.717) is 11.3 Å². The van der Waals surface area contributed by atoms with Crippen LogP contribution in [0.5, 0.6) is 0 Å². The van der Waals surface area contributed by atoms with Crippen molar-refractivity contribution in [2.75, 3.05) is 5.32 Å². The number of anilines is 1. The van der Waals surface area contributed by atoms with E-state index in [2.05, 4.69) is 15.8 Å². The highest BCUT2D eigenvalue weighted by Gasteiger charge is 2.08. The van der Waals surface area contributed by atoms with Crippen LogP contribution in [0.1, 0.15) is 35.3 Å². The Morgan fingerprint density at radius 3 is 2.21 bits per heavy atom. The third-order valence-corrected chi connectivity index (χ3v) is 3.40. The van der Waals surface area contributed by atoms with E-state index in [9.17, 15) is 9.59 Å². The molecule has 2 N–H and O–H groups in total. The molecule has 2 rings (SSSR count). The molecule has 0 aliphatic heterocycles. The van der Waals surface area contributed by atoms with Crippen LogP contribution in [0.15, 0.2) is 53.6 Å². The van der Waals surface area contributed by atoms with Gasteiger partial charge in [-0.05, 0) is 36.8 Å². The molecule has 0 saturated heterocycles. The zero-order valence-electron chi connectivity index (χ0n) is 14.0. The molecule has 5 heteroatoms. The highest BCUT2D eigenvalue weighted by molar-refractivity contribution is 5.96. The van der Waals surface area contributed by atoms with Crippen molar-refractivity contribution >= 4 is 23.7 Å². The van der Waals surface area contributed by atoms with Gasteiger partial charge in [-0.25, -0.2) is 5.43 Å². The van der Waals surface area contributed by atoms with Crippen molar-refractivity contribution in [2.45, 2.75) is 20.8 Å². The van der Waals surface area contributed by atoms with Crippen molar-refractivity contribution < 1.29 is 9.59 Å². The highest BCUT2D eigenvalue weighted by Crippen LogP contribution is 2.11. The Kier molecular flexibility index (Phi) is 5.84. The summed E-state index contributed by atoms with van der Waals surface area (Å²) in [4.78, 5) is 23.6. The monoisotopic (exact) mass is 323 g/mol. The molecule has 0 fully saturated rings. The lowest BCUT2D eigenvalue weighted by molar-refractivity contribution is -0.118. The van der Waals surface area contributed by atoms with Gasteiger partial charge < -0.3 is 5.32 Å². The largest absolute Gasteiger partial charge is 0.326 e. The maximum atomic E-state index is 12.0. The fourth-order valence-electron chi connectivity index (χ4n) is 1.87. The molecular weight excluding hydrogens is 302 g/mol. The quantitative estimate of drug-likeness (QED) is 0.654. The third kappa shape index (κ3) is 5.05. The Bertz CT molecular complexity index is 732. The summed E-state index contributed by atoms with van der Waals surface area (Å²) in [5.41, 5.74) is 5.69. The number of carbonyl (C=O) groups is 2. The molecule has 0 atom stereocenters. The van der Waals surface area contributed by atoms with Gasteiger partial charge in [0.25, 0.3) is 5.91 Å². The summed E-state index contributed by atoms with van der Waals surface area (Å²) in [5, 5.41) is 6.72. The summed E-state index contributed by atoms with van der Waals surface area (Å²) in [7, 11) is 0. The van der Waals surface area contributed by atoms with Gasteiger partial charge in [-0.3, -0.25) is 9.59 Å². The lowest BCUT2D eigenvalue weighted by atomic mass is 10.1. The van der Waals surface area contributed by atoms with Crippen LogP contribution in [0.4, 0.5) is 5.69 Å². The molecule has 2 aromatic carbocycles. The van der Waals surface area contributed by atoms with Gasteiger partial charge in [-0.2, -0.15) is 5.10 Å². The average Bonchev–Trinajstić information content (AvgIpc) is 2.57. The number of nitrogens with zero attached hydrogens (tertiary/aromatic N) is 1. The van der Waals surface area contributed by atoms with Crippen molar-refractivity contribution in [3.63, 3.8) is 0 Å². The van der Waals surface area contributed by atoms with Crippen LogP contribution in [0.25, 0.3) is 0 Å². The van der Waals surface area contributed by atoms with Crippen LogP contribution in [0.3, 0.4) is 0 Å². The van der Waals surface area contributed by atoms with Gasteiger partial charge in [0, 0.05) is 17.2 Å². The van der Waals surface area contributed by atoms with Crippen LogP contribution in [-0.2, 0) is 4.79 Å². The summed E-state index contributed by atoms with van der Waals surface area (Å²) >= 11 is 0. The lowest BCUT2D eigenvalue weighted by Crippen LogP contribution is -2.19. The minimum atomic E-state index is -0.305. The SMILES string of the molecule is Cc1ccc(/C=N\NC(=O)c2ccc(NC(=O)C(C)C)cc2)cc1. The van der Waals surface area contributed by atoms with Crippen LogP contribution in [0, 0.1) is 12.8 Å². The molecule has 0 bridgehead atoms. The van der Waals surface area contributed by atoms with Gasteiger partial charge in [0.05, 0.1) is 6.21 Å². The maximum absolute atomic E-state index is 12.0. The van der Waals surface area contributed by atoms with E-state index in [1.807, 2.05) is 45.0 Å². The Morgan fingerprint density at radius 2 is 1.62 bits per heavy atom. The second-order valence-electron chi connectivity index (χ2n) is 5.83. The number of hydrogen-bond donors (Lipinski definition) is 2. The lowest BCUT2D eigenvalue weighted by Gasteiger charge is -2.08. The number of hydrazone groups is 1. The van der Waals surface area contributed by atoms with Gasteiger partial charge in [-0.1, -0.05) is 43.7 Å². The first kappa shape index (κ1) is 17.4. The molecule has 124 valence electrons. The summed E-state index contributed by atoms with van der Waals surface area (Å²) in [6, 6.07) is 14.5. The van der Waals surface area contributed by atoms with Crippen LogP contribution in [0.2, 0.25) is 0 Å². The van der Waals surface area contributed by atoms with E-state index in [4.69, 9.17) is 0 Å². The van der Waals surface area contributed by atoms with Crippen molar-refractivity contribution in [2.24, 2.45) is 11.0 Å². The topological polar surface area (TPSA) is 70.6 Å². The minimum Gasteiger partial charge on any atom is -0.326 e. The standard InChI is InChI=1S/C19H21N3O2/c1-13(2)18(23)21-17-10-8-16(9-11-17)19(24)22-20-12-15-6-4-14(3)5-7-15/h4-13H,1-3H3,(H,21,23)(H,22,24)/b20-12-. The molecule has 2 amide bonds. The van der Waals surface area contributed by atoms with E-state index >= 15 is 0 Å². The Morgan fingerprint density at radius 1 is 1.00 bits per heavy atom. The molecule has 0 spiro atoms. The smallest absolute Gasteiger partial charge is 0.271 e. The zero-order valence-corrected chi connectivity index (χ0v) is 14.0. The molecule has 0 radical (unpaired) electrons. The summed E-state index contributed by atoms with van der Waals surface area (Å²) in [5.74, 6) is -0.459. The fraction of sp³-hybridized carbons (Fsp3) is 0.211. The van der Waals surface area contributed by atoms with E-state index in [0.717, 1.165) is 5.56 Å². The van der Waals surface area contributed by atoms with Crippen LogP contribution < -0.4 is 10.7 Å². The number of amides is 2. The van der Waals surface area contributed by atoms with E-state index in [1.54, 1.807) is 30.5 Å². The first-order valence-electron chi connectivity index (χ1n) is 7.76. The molecule has 0 saturated carbocycles. The number of hydrogen-bond acceptors (Lipinski definition) is 3. The van der Waals surface area contributed by atoms with Crippen molar-refractivity contribution in [3.8, 4) is 0 Å². The second-order valence-corrected chi connectivity index (χ2v) is 5.83. The second kappa shape index (κ2) is 8.06. The van der Waals surface area contributed by atoms with Gasteiger partial charge in [0.15, 0.2) is 0 Å². The van der Waals surface area contributed by atoms with Crippen molar-refractivity contribution in [1.82, 2.24) is 5.43 Å². The molecule has 24 heavy (non-hydrogen) atoms. The number of carbonyl (C=O) groups excluding carboxylic acids is 2. The number of nitrogens with one attached hydrogen (secondary N) is 2. The van der Waals surface area contributed by atoms with E-state index in [-0.39, 0.29) is 17.7 Å². The zero-order chi connectivity index (χ0) is 17.5. The molecule has 0 heterocycles. The maximum Gasteiger partial charge on any atom is 0.271 e. The Balaban J connectivity index is 1.92. The summed E-state index contributed by atoms with van der Waals surface area (Å²) < 4.78 is 0. The first-order valence-corrected chi connectivity index (χ1v) is 7.76. The van der Waals surface area contributed by atoms with E-state index in [1.165, 1.54) is 5.56 Å². The highest BCUT2D eigenvalue weighted by atomic mass is 16.2. The van der Waals surface area contributed by atoms with Gasteiger partial charge in [0.1, 0.15) is 0 Å². The molecule has 5 nitrogen and oxygen atoms in total. The normalized spacial score (nSPS) is 10.8. The fourth-order valence-corrected chi connectivity index (χ4v) is 1.87. The third-order valence-electron chi connectivity index (χ3n) is 3.40. The minimum absolute atomic E-state index is 0.0603. The summed E-state index contributed by atoms with van der Waals surface area (Å²) in [6.07, 6.45) is 1.59. The molecule has 0 aromatic heterocycles. The number of rotatable bonds is 5. The Labute approximate surface area is 141 Å². The van der Waals surface area contributed by atoms with Crippen LogP contribution in [-0.4, -0.2) is 18.0 Å². The molecule has 0 aliphatic rings. The van der Waals surface area contributed by atoms with E-state index < -0.39 is 0 Å². The molecule has 2 aromatic rings. The number of benzene rings is 2. The Hall–Kier alpha value is -2.95. The van der Waals surface area contributed by atoms with Crippen LogP contribution >= 0.6 is 0 Å². The summed E-state index contributed by atoms with van der Waals surface area (Å²) in [6.45, 7) is 5.66. The molecule has 0 unspecified atom stereocenters. The average molecular weight is 323 g/mol. The molecule has 0 aliphatic carbocycles. The molecular formula is C19H21N3O2. The van der Waals surface area contributed by atoms with Gasteiger partial charge >= 0.3 is 0 Å². The van der Waals surface area contributed by atoms with Crippen molar-refractivity contribution in [3.05, 3.63) is 65.2 Å². The van der Waals surface area contributed by atoms with Gasteiger partial charge in [0.2, 0.25) is 5.91 Å². The predicted octanol–water partition coefficient (Wildman–Crippen LogP) is 3.35. The van der Waals surface area contributed by atoms with Crippen molar-refractivity contribution in [1.29, 1.82) is 0 Å². The number of aryl methyl sites for hydroxylation is 1. The first-order chi connectivity index (χ1) is 11.5. The predicted molar refractivity (Wildman–Crippen MR) is 96.1 cm³/mol. The van der Waals surface area contributed by atoms with Gasteiger partial charge in [-0.15, -0.1) is 0 Å².